The summed E-state index contributed by atoms with van der Waals surface area (Å²) in [6, 6.07) is 0. The summed E-state index contributed by atoms with van der Waals surface area (Å²) in [4.78, 5) is 22.1. The molecule has 1 saturated carbocycles. The number of aliphatic carboxylic acids is 1. The monoisotopic (exact) mass is 243 g/mol. The van der Waals surface area contributed by atoms with Crippen LogP contribution in [0.5, 0.6) is 0 Å². The second-order valence-corrected chi connectivity index (χ2v) is 5.17. The lowest BCUT2D eigenvalue weighted by molar-refractivity contribution is -0.142. The Balaban J connectivity index is 2.19. The number of carboxylic acids is 1. The molecule has 0 aromatic heterocycles. The third kappa shape index (κ3) is 4.34. The van der Waals surface area contributed by atoms with Crippen molar-refractivity contribution in [1.29, 1.82) is 0 Å². The molecular formula is C12H21NO4. The number of nitrogens with one attached hydrogen (secondary N) is 1. The van der Waals surface area contributed by atoms with Gasteiger partial charge >= 0.3 is 5.97 Å². The molecule has 2 N–H and O–H groups in total. The Morgan fingerprint density at radius 2 is 2.18 bits per heavy atom. The summed E-state index contributed by atoms with van der Waals surface area (Å²) < 4.78 is 4.85. The van der Waals surface area contributed by atoms with Crippen LogP contribution < -0.4 is 5.32 Å². The van der Waals surface area contributed by atoms with Crippen LogP contribution in [0.3, 0.4) is 0 Å². The standard InChI is InChI=1S/C12H21NO4/c1-12(2)5-3-4-9(12)11(16)13-6-7-17-8-10(14)15/h9H,3-8H2,1-2H3,(H,13,16)(H,14,15). The molecular weight excluding hydrogens is 222 g/mol. The minimum Gasteiger partial charge on any atom is -0.480 e. The number of carbonyl (C=O) groups is 2. The molecule has 0 spiro atoms. The molecule has 1 fully saturated rings. The van der Waals surface area contributed by atoms with Crippen LogP contribution in [0.4, 0.5) is 0 Å². The fourth-order valence-electron chi connectivity index (χ4n) is 2.34. The van der Waals surface area contributed by atoms with Crippen LogP contribution >= 0.6 is 0 Å². The van der Waals surface area contributed by atoms with Gasteiger partial charge in [0, 0.05) is 12.5 Å². The number of hydrogen-bond acceptors (Lipinski definition) is 3. The van der Waals surface area contributed by atoms with Crippen molar-refractivity contribution in [2.45, 2.75) is 33.1 Å². The predicted molar refractivity (Wildman–Crippen MR) is 62.6 cm³/mol. The van der Waals surface area contributed by atoms with E-state index in [1.807, 2.05) is 0 Å². The predicted octanol–water partition coefficient (Wildman–Crippen LogP) is 1.03. The van der Waals surface area contributed by atoms with Crippen LogP contribution in [0.15, 0.2) is 0 Å². The molecule has 17 heavy (non-hydrogen) atoms. The molecule has 5 heteroatoms. The minimum absolute atomic E-state index is 0.0615. The topological polar surface area (TPSA) is 75.6 Å². The first kappa shape index (κ1) is 14.0. The molecule has 1 atom stereocenters. The van der Waals surface area contributed by atoms with Gasteiger partial charge in [0.1, 0.15) is 6.61 Å². The first-order valence-corrected chi connectivity index (χ1v) is 6.01. The fourth-order valence-corrected chi connectivity index (χ4v) is 2.34. The van der Waals surface area contributed by atoms with Gasteiger partial charge in [0.15, 0.2) is 0 Å². The Labute approximate surface area is 102 Å². The maximum absolute atomic E-state index is 11.9. The van der Waals surface area contributed by atoms with Crippen molar-refractivity contribution in [3.63, 3.8) is 0 Å². The summed E-state index contributed by atoms with van der Waals surface area (Å²) in [7, 11) is 0. The van der Waals surface area contributed by atoms with E-state index in [1.165, 1.54) is 0 Å². The van der Waals surface area contributed by atoms with Gasteiger partial charge in [-0.05, 0) is 18.3 Å². The zero-order valence-corrected chi connectivity index (χ0v) is 10.5. The zero-order chi connectivity index (χ0) is 12.9. The SMILES string of the molecule is CC1(C)CCCC1C(=O)NCCOCC(=O)O. The van der Waals surface area contributed by atoms with E-state index in [2.05, 4.69) is 19.2 Å². The van der Waals surface area contributed by atoms with Crippen molar-refractivity contribution in [3.8, 4) is 0 Å². The number of carboxylic acid groups (broad SMARTS) is 1. The van der Waals surface area contributed by atoms with Crippen LogP contribution in [-0.4, -0.2) is 36.7 Å². The largest absolute Gasteiger partial charge is 0.480 e. The summed E-state index contributed by atoms with van der Waals surface area (Å²) in [5.74, 6) is -0.860. The molecule has 5 nitrogen and oxygen atoms in total. The number of hydrogen-bond donors (Lipinski definition) is 2. The third-order valence-corrected chi connectivity index (χ3v) is 3.34. The maximum atomic E-state index is 11.9. The highest BCUT2D eigenvalue weighted by atomic mass is 16.5. The minimum atomic E-state index is -0.992. The van der Waals surface area contributed by atoms with Crippen LogP contribution in [0.2, 0.25) is 0 Å². The highest BCUT2D eigenvalue weighted by Gasteiger charge is 2.38. The summed E-state index contributed by atoms with van der Waals surface area (Å²) in [5.41, 5.74) is 0.0754. The lowest BCUT2D eigenvalue weighted by atomic mass is 9.81. The number of rotatable bonds is 6. The Morgan fingerprint density at radius 3 is 2.71 bits per heavy atom. The second kappa shape index (κ2) is 6.00. The molecule has 0 radical (unpaired) electrons. The Kier molecular flexibility index (Phi) is 4.93. The van der Waals surface area contributed by atoms with Crippen LogP contribution in [0, 0.1) is 11.3 Å². The number of ether oxygens (including phenoxy) is 1. The molecule has 1 aliphatic rings. The normalized spacial score (nSPS) is 22.4. The summed E-state index contributed by atoms with van der Waals surface area (Å²) in [5, 5.41) is 11.1. The van der Waals surface area contributed by atoms with Gasteiger partial charge in [0.05, 0.1) is 6.61 Å². The van der Waals surface area contributed by atoms with E-state index in [0.29, 0.717) is 6.54 Å². The van der Waals surface area contributed by atoms with E-state index in [1.54, 1.807) is 0 Å². The summed E-state index contributed by atoms with van der Waals surface area (Å²) in [6.45, 7) is 4.53. The van der Waals surface area contributed by atoms with Gasteiger partial charge in [-0.1, -0.05) is 20.3 Å². The quantitative estimate of drug-likeness (QED) is 0.683. The molecule has 0 bridgehead atoms. The molecule has 98 valence electrons. The van der Waals surface area contributed by atoms with Crippen molar-refractivity contribution in [3.05, 3.63) is 0 Å². The van der Waals surface area contributed by atoms with Crippen LogP contribution in [0.25, 0.3) is 0 Å². The number of amides is 1. The average molecular weight is 243 g/mol. The van der Waals surface area contributed by atoms with Crippen LogP contribution in [0.1, 0.15) is 33.1 Å². The van der Waals surface area contributed by atoms with Crippen molar-refractivity contribution in [2.24, 2.45) is 11.3 Å². The van der Waals surface area contributed by atoms with Crippen molar-refractivity contribution < 1.29 is 19.4 Å². The average Bonchev–Trinajstić information content (AvgIpc) is 2.57. The third-order valence-electron chi connectivity index (χ3n) is 3.34. The van der Waals surface area contributed by atoms with Gasteiger partial charge in [0.2, 0.25) is 5.91 Å². The lowest BCUT2D eigenvalue weighted by Gasteiger charge is -2.25. The molecule has 0 saturated heterocycles. The molecule has 1 rings (SSSR count). The maximum Gasteiger partial charge on any atom is 0.329 e. The van der Waals surface area contributed by atoms with E-state index in [-0.39, 0.29) is 30.5 Å². The van der Waals surface area contributed by atoms with E-state index < -0.39 is 5.97 Å². The first-order chi connectivity index (χ1) is 7.93. The summed E-state index contributed by atoms with van der Waals surface area (Å²) in [6.07, 6.45) is 3.12. The molecule has 0 aromatic carbocycles. The zero-order valence-electron chi connectivity index (χ0n) is 10.5. The van der Waals surface area contributed by atoms with Crippen molar-refractivity contribution in [1.82, 2.24) is 5.32 Å². The highest BCUT2D eigenvalue weighted by Crippen LogP contribution is 2.42. The summed E-state index contributed by atoms with van der Waals surface area (Å²) >= 11 is 0. The van der Waals surface area contributed by atoms with E-state index in [4.69, 9.17) is 9.84 Å². The Morgan fingerprint density at radius 1 is 1.47 bits per heavy atom. The number of carbonyl (C=O) groups excluding carboxylic acids is 1. The molecule has 1 unspecified atom stereocenters. The van der Waals surface area contributed by atoms with Gasteiger partial charge in [-0.2, -0.15) is 0 Å². The van der Waals surface area contributed by atoms with Gasteiger partial charge < -0.3 is 15.2 Å². The van der Waals surface area contributed by atoms with E-state index in [0.717, 1.165) is 19.3 Å². The molecule has 0 aromatic rings. The van der Waals surface area contributed by atoms with E-state index >= 15 is 0 Å². The fraction of sp³-hybridized carbons (Fsp3) is 0.833. The highest BCUT2D eigenvalue weighted by molar-refractivity contribution is 5.79. The Bertz CT molecular complexity index is 288. The van der Waals surface area contributed by atoms with Gasteiger partial charge in [-0.3, -0.25) is 4.79 Å². The smallest absolute Gasteiger partial charge is 0.329 e. The van der Waals surface area contributed by atoms with E-state index in [9.17, 15) is 9.59 Å². The van der Waals surface area contributed by atoms with Gasteiger partial charge in [-0.25, -0.2) is 4.79 Å². The van der Waals surface area contributed by atoms with Gasteiger partial charge in [-0.15, -0.1) is 0 Å². The first-order valence-electron chi connectivity index (χ1n) is 6.01. The Hall–Kier alpha value is -1.10. The van der Waals surface area contributed by atoms with Gasteiger partial charge in [0.25, 0.3) is 0 Å². The van der Waals surface area contributed by atoms with Crippen molar-refractivity contribution >= 4 is 11.9 Å². The molecule has 1 aliphatic carbocycles. The molecule has 0 heterocycles. The molecule has 1 amide bonds. The second-order valence-electron chi connectivity index (χ2n) is 5.17. The lowest BCUT2D eigenvalue weighted by Crippen LogP contribution is -2.37. The van der Waals surface area contributed by atoms with Crippen molar-refractivity contribution in [2.75, 3.05) is 19.8 Å². The molecule has 0 aliphatic heterocycles. The van der Waals surface area contributed by atoms with Crippen LogP contribution in [-0.2, 0) is 14.3 Å².